The van der Waals surface area contributed by atoms with E-state index in [9.17, 15) is 0 Å². The monoisotopic (exact) mass is 161 g/mol. The van der Waals surface area contributed by atoms with Gasteiger partial charge >= 0.3 is 0 Å². The summed E-state index contributed by atoms with van der Waals surface area (Å²) < 4.78 is 0. The molecule has 0 aliphatic heterocycles. The Hall–Kier alpha value is -0.780. The Morgan fingerprint density at radius 3 is 2.75 bits per heavy atom. The van der Waals surface area contributed by atoms with Crippen molar-refractivity contribution < 1.29 is 0 Å². The molecule has 0 atom stereocenters. The van der Waals surface area contributed by atoms with Crippen molar-refractivity contribution >= 4 is 0 Å². The lowest BCUT2D eigenvalue weighted by molar-refractivity contribution is 0.912. The van der Waals surface area contributed by atoms with Crippen molar-refractivity contribution in [1.82, 2.24) is 0 Å². The third-order valence-corrected chi connectivity index (χ3v) is 2.03. The Balaban J connectivity index is 2.60. The molecule has 1 radical (unpaired) electrons. The minimum absolute atomic E-state index is 1.13. The van der Waals surface area contributed by atoms with Crippen molar-refractivity contribution in [2.24, 2.45) is 0 Å². The van der Waals surface area contributed by atoms with E-state index in [1.807, 2.05) is 0 Å². The Kier molecular flexibility index (Phi) is 3.86. The van der Waals surface area contributed by atoms with Crippen LogP contribution in [0.2, 0.25) is 0 Å². The highest BCUT2D eigenvalue weighted by atomic mass is 14.0. The Morgan fingerprint density at radius 1 is 1.25 bits per heavy atom. The first-order chi connectivity index (χ1) is 5.86. The average Bonchev–Trinajstić information content (AvgIpc) is 2.15. The molecular formula is C12H17. The minimum atomic E-state index is 1.13. The van der Waals surface area contributed by atoms with Crippen molar-refractivity contribution in [2.45, 2.75) is 33.1 Å². The van der Waals surface area contributed by atoms with Crippen LogP contribution in [-0.4, -0.2) is 0 Å². The maximum absolute atomic E-state index is 2.30. The molecule has 0 N–H and O–H groups in total. The molecule has 0 fully saturated rings. The smallest absolute Gasteiger partial charge is 0.00931 e. The van der Waals surface area contributed by atoms with Crippen molar-refractivity contribution in [2.75, 3.05) is 0 Å². The molecule has 65 valence electrons. The van der Waals surface area contributed by atoms with Crippen molar-refractivity contribution in [3.63, 3.8) is 0 Å². The van der Waals surface area contributed by atoms with Gasteiger partial charge in [-0.15, -0.1) is 0 Å². The van der Waals surface area contributed by atoms with Gasteiger partial charge in [-0.05, 0) is 30.4 Å². The summed E-state index contributed by atoms with van der Waals surface area (Å²) in [5.41, 5.74) is 2.80. The molecular weight excluding hydrogens is 144 g/mol. The van der Waals surface area contributed by atoms with Gasteiger partial charge in [0.25, 0.3) is 0 Å². The second-order valence-corrected chi connectivity index (χ2v) is 3.09. The molecule has 0 heteroatoms. The second-order valence-electron chi connectivity index (χ2n) is 3.09. The molecule has 0 aromatic heterocycles. The second kappa shape index (κ2) is 4.97. The Bertz CT molecular complexity index is 225. The largest absolute Gasteiger partial charge is 0.0654 e. The molecule has 0 aliphatic rings. The zero-order valence-electron chi connectivity index (χ0n) is 8.01. The molecule has 0 heterocycles. The van der Waals surface area contributed by atoms with Gasteiger partial charge in [0, 0.05) is 0 Å². The average molecular weight is 161 g/mol. The zero-order chi connectivity index (χ0) is 8.81. The van der Waals surface area contributed by atoms with E-state index in [0.717, 1.165) is 6.42 Å². The molecule has 0 amide bonds. The van der Waals surface area contributed by atoms with Crippen LogP contribution < -0.4 is 0 Å². The summed E-state index contributed by atoms with van der Waals surface area (Å²) in [5.74, 6) is 0. The van der Waals surface area contributed by atoms with Crippen LogP contribution in [0.5, 0.6) is 0 Å². The maximum atomic E-state index is 2.30. The summed E-state index contributed by atoms with van der Waals surface area (Å²) in [4.78, 5) is 0. The Labute approximate surface area is 75.6 Å². The highest BCUT2D eigenvalue weighted by Crippen LogP contribution is 2.10. The molecule has 0 spiro atoms. The van der Waals surface area contributed by atoms with Gasteiger partial charge in [-0.3, -0.25) is 0 Å². The molecule has 0 bridgehead atoms. The van der Waals surface area contributed by atoms with Gasteiger partial charge in [-0.2, -0.15) is 0 Å². The summed E-state index contributed by atoms with van der Waals surface area (Å²) in [6, 6.07) is 8.77. The predicted octanol–water partition coefficient (Wildman–Crippen LogP) is 3.60. The minimum Gasteiger partial charge on any atom is -0.0654 e. The fourth-order valence-electron chi connectivity index (χ4n) is 1.25. The third kappa shape index (κ3) is 2.69. The van der Waals surface area contributed by atoms with Gasteiger partial charge < -0.3 is 0 Å². The standard InChI is InChI=1S/C12H17/c1-3-5-7-12-9-6-8-11(4-2)10-12/h6-10H,3-5H2,1-2H3. The van der Waals surface area contributed by atoms with E-state index in [4.69, 9.17) is 0 Å². The number of unbranched alkanes of at least 4 members (excludes halogenated alkanes) is 1. The van der Waals surface area contributed by atoms with Crippen molar-refractivity contribution in [3.05, 3.63) is 41.8 Å². The molecule has 1 aromatic carbocycles. The molecule has 12 heavy (non-hydrogen) atoms. The van der Waals surface area contributed by atoms with E-state index in [-0.39, 0.29) is 0 Å². The molecule has 0 nitrogen and oxygen atoms in total. The van der Waals surface area contributed by atoms with E-state index in [2.05, 4.69) is 44.5 Å². The molecule has 1 aromatic rings. The summed E-state index contributed by atoms with van der Waals surface area (Å²) in [6.45, 7) is 4.40. The van der Waals surface area contributed by atoms with Crippen LogP contribution in [0.3, 0.4) is 0 Å². The van der Waals surface area contributed by atoms with Crippen molar-refractivity contribution in [3.8, 4) is 0 Å². The number of rotatable bonds is 4. The van der Waals surface area contributed by atoms with Crippen LogP contribution >= 0.6 is 0 Å². The van der Waals surface area contributed by atoms with Gasteiger partial charge in [0.05, 0.1) is 0 Å². The van der Waals surface area contributed by atoms with E-state index in [1.165, 1.54) is 24.0 Å². The first kappa shape index (κ1) is 9.31. The van der Waals surface area contributed by atoms with Gasteiger partial charge in [0.15, 0.2) is 0 Å². The third-order valence-electron chi connectivity index (χ3n) is 2.03. The van der Waals surface area contributed by atoms with Gasteiger partial charge in [0.1, 0.15) is 0 Å². The van der Waals surface area contributed by atoms with Crippen LogP contribution in [0.4, 0.5) is 0 Å². The number of benzene rings is 1. The Morgan fingerprint density at radius 2 is 2.08 bits per heavy atom. The predicted molar refractivity (Wildman–Crippen MR) is 54.1 cm³/mol. The number of hydrogen-bond donors (Lipinski definition) is 0. The van der Waals surface area contributed by atoms with Crippen LogP contribution in [0.15, 0.2) is 24.3 Å². The van der Waals surface area contributed by atoms with E-state index in [1.54, 1.807) is 0 Å². The van der Waals surface area contributed by atoms with E-state index >= 15 is 0 Å². The fourth-order valence-corrected chi connectivity index (χ4v) is 1.25. The van der Waals surface area contributed by atoms with E-state index < -0.39 is 0 Å². The fraction of sp³-hybridized carbons (Fsp3) is 0.417. The van der Waals surface area contributed by atoms with Crippen LogP contribution in [0.1, 0.15) is 37.8 Å². The molecule has 0 unspecified atom stereocenters. The number of hydrogen-bond acceptors (Lipinski definition) is 0. The van der Waals surface area contributed by atoms with Crippen molar-refractivity contribution in [1.29, 1.82) is 0 Å². The van der Waals surface area contributed by atoms with Gasteiger partial charge in [-0.1, -0.05) is 44.5 Å². The lowest BCUT2D eigenvalue weighted by Crippen LogP contribution is -1.84. The first-order valence-electron chi connectivity index (χ1n) is 4.79. The lowest BCUT2D eigenvalue weighted by atomic mass is 10.0. The number of aryl methyl sites for hydroxylation is 1. The topological polar surface area (TPSA) is 0 Å². The van der Waals surface area contributed by atoms with E-state index in [0.29, 0.717) is 0 Å². The first-order valence-corrected chi connectivity index (χ1v) is 4.79. The van der Waals surface area contributed by atoms with Gasteiger partial charge in [-0.25, -0.2) is 0 Å². The maximum Gasteiger partial charge on any atom is -0.00931 e. The highest BCUT2D eigenvalue weighted by molar-refractivity contribution is 5.28. The van der Waals surface area contributed by atoms with Crippen LogP contribution in [0.25, 0.3) is 0 Å². The molecule has 1 rings (SSSR count). The molecule has 0 saturated heterocycles. The summed E-state index contributed by atoms with van der Waals surface area (Å²) in [5, 5.41) is 0. The van der Waals surface area contributed by atoms with Gasteiger partial charge in [0.2, 0.25) is 0 Å². The molecule has 0 saturated carbocycles. The quantitative estimate of drug-likeness (QED) is 0.633. The summed E-state index contributed by atoms with van der Waals surface area (Å²) in [6.07, 6.45) is 5.86. The lowest BCUT2D eigenvalue weighted by Gasteiger charge is -2.01. The summed E-state index contributed by atoms with van der Waals surface area (Å²) >= 11 is 0. The van der Waals surface area contributed by atoms with Crippen LogP contribution in [0, 0.1) is 6.42 Å². The highest BCUT2D eigenvalue weighted by Gasteiger charge is 1.93. The molecule has 0 aliphatic carbocycles. The normalized spacial score (nSPS) is 10.2. The van der Waals surface area contributed by atoms with Crippen LogP contribution in [-0.2, 0) is 6.42 Å². The zero-order valence-corrected chi connectivity index (χ0v) is 8.01. The summed E-state index contributed by atoms with van der Waals surface area (Å²) in [7, 11) is 0. The SMILES string of the molecule is CCC[CH]c1cccc(CC)c1.